The molecule has 3 heteroatoms. The summed E-state index contributed by atoms with van der Waals surface area (Å²) in [6.45, 7) is 10.3. The molecule has 1 atom stereocenters. The lowest BCUT2D eigenvalue weighted by Crippen LogP contribution is -2.55. The number of rotatable bonds is 5. The average Bonchev–Trinajstić information content (AvgIpc) is 1.98. The van der Waals surface area contributed by atoms with Crippen LogP contribution in [0.1, 0.15) is 20.8 Å². The third-order valence-corrected chi connectivity index (χ3v) is 2.57. The van der Waals surface area contributed by atoms with Crippen molar-refractivity contribution in [2.75, 3.05) is 26.3 Å². The fraction of sp³-hybridized carbons (Fsp3) is 1.00. The SMILES string of the molecule is CC(C)CN(C(C)CN)C1COC1. The van der Waals surface area contributed by atoms with Crippen LogP contribution in [-0.4, -0.2) is 43.3 Å². The summed E-state index contributed by atoms with van der Waals surface area (Å²) in [5.41, 5.74) is 5.68. The van der Waals surface area contributed by atoms with Crippen molar-refractivity contribution in [1.29, 1.82) is 0 Å². The molecule has 0 aromatic carbocycles. The molecule has 0 spiro atoms. The van der Waals surface area contributed by atoms with Crippen LogP contribution in [0, 0.1) is 5.92 Å². The highest BCUT2D eigenvalue weighted by molar-refractivity contribution is 4.82. The smallest absolute Gasteiger partial charge is 0.0645 e. The van der Waals surface area contributed by atoms with Gasteiger partial charge in [-0.2, -0.15) is 0 Å². The third kappa shape index (κ3) is 2.93. The van der Waals surface area contributed by atoms with Crippen LogP contribution in [0.3, 0.4) is 0 Å². The second kappa shape index (κ2) is 4.94. The van der Waals surface area contributed by atoms with Gasteiger partial charge in [0.2, 0.25) is 0 Å². The molecular weight excluding hydrogens is 164 g/mol. The van der Waals surface area contributed by atoms with E-state index in [1.165, 1.54) is 0 Å². The zero-order valence-electron chi connectivity index (χ0n) is 8.99. The Bertz CT molecular complexity index is 141. The van der Waals surface area contributed by atoms with Crippen LogP contribution < -0.4 is 5.73 Å². The van der Waals surface area contributed by atoms with Crippen LogP contribution in [-0.2, 0) is 4.74 Å². The summed E-state index contributed by atoms with van der Waals surface area (Å²) in [4.78, 5) is 2.48. The Morgan fingerprint density at radius 2 is 2.00 bits per heavy atom. The van der Waals surface area contributed by atoms with Gasteiger partial charge >= 0.3 is 0 Å². The minimum absolute atomic E-state index is 0.483. The topological polar surface area (TPSA) is 38.5 Å². The Kier molecular flexibility index (Phi) is 4.16. The van der Waals surface area contributed by atoms with Crippen molar-refractivity contribution in [1.82, 2.24) is 4.90 Å². The van der Waals surface area contributed by atoms with E-state index < -0.39 is 0 Å². The molecule has 0 radical (unpaired) electrons. The molecule has 2 N–H and O–H groups in total. The maximum Gasteiger partial charge on any atom is 0.0645 e. The summed E-state index contributed by atoms with van der Waals surface area (Å²) in [6.07, 6.45) is 0. The van der Waals surface area contributed by atoms with Gasteiger partial charge in [-0.05, 0) is 12.8 Å². The summed E-state index contributed by atoms with van der Waals surface area (Å²) < 4.78 is 5.21. The largest absolute Gasteiger partial charge is 0.378 e. The van der Waals surface area contributed by atoms with Gasteiger partial charge in [0, 0.05) is 19.1 Å². The lowest BCUT2D eigenvalue weighted by Gasteiger charge is -2.41. The van der Waals surface area contributed by atoms with Crippen molar-refractivity contribution in [2.24, 2.45) is 11.7 Å². The van der Waals surface area contributed by atoms with Gasteiger partial charge < -0.3 is 10.5 Å². The highest BCUT2D eigenvalue weighted by Gasteiger charge is 2.29. The first-order valence-corrected chi connectivity index (χ1v) is 5.18. The van der Waals surface area contributed by atoms with Crippen molar-refractivity contribution >= 4 is 0 Å². The van der Waals surface area contributed by atoms with Crippen molar-refractivity contribution < 1.29 is 4.74 Å². The van der Waals surface area contributed by atoms with E-state index in [9.17, 15) is 0 Å². The van der Waals surface area contributed by atoms with Crippen LogP contribution >= 0.6 is 0 Å². The van der Waals surface area contributed by atoms with E-state index in [4.69, 9.17) is 10.5 Å². The van der Waals surface area contributed by atoms with Crippen molar-refractivity contribution in [3.05, 3.63) is 0 Å². The van der Waals surface area contributed by atoms with E-state index in [0.717, 1.165) is 26.3 Å². The lowest BCUT2D eigenvalue weighted by atomic mass is 10.1. The molecule has 1 fully saturated rings. The number of nitrogens with two attached hydrogens (primary N) is 1. The van der Waals surface area contributed by atoms with Gasteiger partial charge in [-0.1, -0.05) is 13.8 Å². The summed E-state index contributed by atoms with van der Waals surface area (Å²) in [5.74, 6) is 0.703. The predicted octanol–water partition coefficient (Wildman–Crippen LogP) is 0.690. The maximum atomic E-state index is 5.68. The molecule has 0 saturated carbocycles. The molecule has 78 valence electrons. The van der Waals surface area contributed by atoms with Crippen molar-refractivity contribution in [2.45, 2.75) is 32.9 Å². The third-order valence-electron chi connectivity index (χ3n) is 2.57. The standard InChI is InChI=1S/C10H22N2O/c1-8(2)5-12(9(3)4-11)10-6-13-7-10/h8-10H,4-7,11H2,1-3H3. The van der Waals surface area contributed by atoms with Crippen LogP contribution in [0.15, 0.2) is 0 Å². The summed E-state index contributed by atoms with van der Waals surface area (Å²) in [6, 6.07) is 1.09. The van der Waals surface area contributed by atoms with Gasteiger partial charge in [0.05, 0.1) is 19.3 Å². The van der Waals surface area contributed by atoms with Gasteiger partial charge in [0.15, 0.2) is 0 Å². The normalized spacial score (nSPS) is 20.8. The van der Waals surface area contributed by atoms with E-state index in [1.807, 2.05) is 0 Å². The molecule has 0 bridgehead atoms. The van der Waals surface area contributed by atoms with Gasteiger partial charge in [-0.3, -0.25) is 4.90 Å². The predicted molar refractivity (Wildman–Crippen MR) is 54.7 cm³/mol. The molecule has 1 saturated heterocycles. The maximum absolute atomic E-state index is 5.68. The molecular formula is C10H22N2O. The minimum Gasteiger partial charge on any atom is -0.378 e. The summed E-state index contributed by atoms with van der Waals surface area (Å²) >= 11 is 0. The zero-order valence-corrected chi connectivity index (χ0v) is 8.99. The molecule has 1 heterocycles. The van der Waals surface area contributed by atoms with Crippen molar-refractivity contribution in [3.63, 3.8) is 0 Å². The van der Waals surface area contributed by atoms with Crippen LogP contribution in [0.5, 0.6) is 0 Å². The highest BCUT2D eigenvalue weighted by atomic mass is 16.5. The van der Waals surface area contributed by atoms with E-state index >= 15 is 0 Å². The first-order valence-electron chi connectivity index (χ1n) is 5.18. The van der Waals surface area contributed by atoms with Crippen LogP contribution in [0.25, 0.3) is 0 Å². The lowest BCUT2D eigenvalue weighted by molar-refractivity contribution is -0.0794. The molecule has 0 aromatic heterocycles. The van der Waals surface area contributed by atoms with E-state index in [0.29, 0.717) is 18.0 Å². The zero-order chi connectivity index (χ0) is 9.84. The Morgan fingerprint density at radius 3 is 2.31 bits per heavy atom. The first-order chi connectivity index (χ1) is 6.15. The second-order valence-corrected chi connectivity index (χ2v) is 4.37. The number of ether oxygens (including phenoxy) is 1. The minimum atomic E-state index is 0.483. The fourth-order valence-electron chi connectivity index (χ4n) is 1.66. The van der Waals surface area contributed by atoms with E-state index in [1.54, 1.807) is 0 Å². The average molecular weight is 186 g/mol. The summed E-state index contributed by atoms with van der Waals surface area (Å²) in [7, 11) is 0. The molecule has 3 nitrogen and oxygen atoms in total. The van der Waals surface area contributed by atoms with Crippen molar-refractivity contribution in [3.8, 4) is 0 Å². The molecule has 0 amide bonds. The molecule has 0 aliphatic carbocycles. The molecule has 1 unspecified atom stereocenters. The Hall–Kier alpha value is -0.120. The van der Waals surface area contributed by atoms with Crippen LogP contribution in [0.4, 0.5) is 0 Å². The number of hydrogen-bond donors (Lipinski definition) is 1. The quantitative estimate of drug-likeness (QED) is 0.686. The molecule has 0 aromatic rings. The molecule has 1 aliphatic heterocycles. The molecule has 1 rings (SSSR count). The highest BCUT2D eigenvalue weighted by Crippen LogP contribution is 2.15. The van der Waals surface area contributed by atoms with Gasteiger partial charge in [0.1, 0.15) is 0 Å². The Balaban J connectivity index is 2.42. The monoisotopic (exact) mass is 186 g/mol. The van der Waals surface area contributed by atoms with Crippen LogP contribution in [0.2, 0.25) is 0 Å². The number of hydrogen-bond acceptors (Lipinski definition) is 3. The fourth-order valence-corrected chi connectivity index (χ4v) is 1.66. The number of nitrogens with zero attached hydrogens (tertiary/aromatic N) is 1. The van der Waals surface area contributed by atoms with Gasteiger partial charge in [0.25, 0.3) is 0 Å². The molecule has 13 heavy (non-hydrogen) atoms. The second-order valence-electron chi connectivity index (χ2n) is 4.37. The Labute approximate surface area is 81.2 Å². The van der Waals surface area contributed by atoms with E-state index in [-0.39, 0.29) is 0 Å². The Morgan fingerprint density at radius 1 is 1.38 bits per heavy atom. The van der Waals surface area contributed by atoms with Gasteiger partial charge in [-0.25, -0.2) is 0 Å². The molecule has 1 aliphatic rings. The van der Waals surface area contributed by atoms with E-state index in [2.05, 4.69) is 25.7 Å². The summed E-state index contributed by atoms with van der Waals surface area (Å²) in [5, 5.41) is 0. The van der Waals surface area contributed by atoms with Gasteiger partial charge in [-0.15, -0.1) is 0 Å². The first kappa shape index (κ1) is 11.0.